The molecule has 1 fully saturated rings. The fourth-order valence-electron chi connectivity index (χ4n) is 4.09. The topological polar surface area (TPSA) is 68.8 Å². The van der Waals surface area contributed by atoms with Crippen LogP contribution in [0.25, 0.3) is 0 Å². The lowest BCUT2D eigenvalue weighted by atomic mass is 10.1. The van der Waals surface area contributed by atoms with Crippen molar-refractivity contribution in [3.8, 4) is 0 Å². The number of carbonyl (C=O) groups is 2. The first-order chi connectivity index (χ1) is 18.4. The normalized spacial score (nSPS) is 14.1. The number of halogens is 5. The van der Waals surface area contributed by atoms with Crippen molar-refractivity contribution in [2.45, 2.75) is 32.6 Å². The average molecular weight is 600 g/mol. The van der Waals surface area contributed by atoms with Crippen LogP contribution in [0.15, 0.2) is 47.8 Å². The third-order valence-electron chi connectivity index (χ3n) is 6.24. The van der Waals surface area contributed by atoms with Crippen molar-refractivity contribution in [3.05, 3.63) is 74.2 Å². The predicted molar refractivity (Wildman–Crippen MR) is 148 cm³/mol. The first kappa shape index (κ1) is 29.0. The number of carbonyl (C=O) groups excluding carboxylic acids is 2. The van der Waals surface area contributed by atoms with E-state index in [4.69, 9.17) is 23.2 Å². The summed E-state index contributed by atoms with van der Waals surface area (Å²) in [5.74, 6) is -0.252. The van der Waals surface area contributed by atoms with Gasteiger partial charge in [0.2, 0.25) is 0 Å². The Bertz CT molecular complexity index is 1340. The maximum atomic E-state index is 13.1. The Labute approximate surface area is 238 Å². The Balaban J connectivity index is 1.36. The second kappa shape index (κ2) is 12.0. The summed E-state index contributed by atoms with van der Waals surface area (Å²) >= 11 is 13.3. The first-order valence-corrected chi connectivity index (χ1v) is 13.7. The summed E-state index contributed by atoms with van der Waals surface area (Å²) < 4.78 is 39.2. The van der Waals surface area contributed by atoms with E-state index in [2.05, 4.69) is 10.3 Å². The second-order valence-electron chi connectivity index (χ2n) is 9.23. The van der Waals surface area contributed by atoms with Crippen LogP contribution >= 0.6 is 34.5 Å². The molecule has 3 aromatic rings. The SMILES string of the molecule is CC(C)N(Cc1nc(C(=O)N2CCN(c3cccc(C(F)(F)F)c3)CC2)cs1)C(=O)Nc1ccc(Cl)c(Cl)c1. The van der Waals surface area contributed by atoms with Crippen LogP contribution < -0.4 is 10.2 Å². The van der Waals surface area contributed by atoms with Crippen LogP contribution in [0, 0.1) is 0 Å². The van der Waals surface area contributed by atoms with E-state index < -0.39 is 11.7 Å². The average Bonchev–Trinajstić information content (AvgIpc) is 3.37. The van der Waals surface area contributed by atoms with Gasteiger partial charge in [-0.1, -0.05) is 29.3 Å². The van der Waals surface area contributed by atoms with Gasteiger partial charge in [-0.25, -0.2) is 9.78 Å². The number of anilines is 2. The summed E-state index contributed by atoms with van der Waals surface area (Å²) in [7, 11) is 0. The van der Waals surface area contributed by atoms with Gasteiger partial charge in [-0.15, -0.1) is 11.3 Å². The van der Waals surface area contributed by atoms with Crippen LogP contribution in [0.5, 0.6) is 0 Å². The zero-order chi connectivity index (χ0) is 28.3. The number of alkyl halides is 3. The summed E-state index contributed by atoms with van der Waals surface area (Å²) in [5.41, 5.74) is 0.547. The number of benzene rings is 2. The third kappa shape index (κ3) is 7.14. The highest BCUT2D eigenvalue weighted by molar-refractivity contribution is 7.09. The molecule has 13 heteroatoms. The van der Waals surface area contributed by atoms with Crippen LogP contribution in [0.3, 0.4) is 0 Å². The van der Waals surface area contributed by atoms with Crippen molar-refractivity contribution in [2.24, 2.45) is 0 Å². The Morgan fingerprint density at radius 1 is 1.08 bits per heavy atom. The molecule has 2 heterocycles. The number of nitrogens with zero attached hydrogens (tertiary/aromatic N) is 4. The van der Waals surface area contributed by atoms with E-state index in [1.807, 2.05) is 18.7 Å². The molecule has 0 atom stereocenters. The Kier molecular flexibility index (Phi) is 8.93. The number of aromatic nitrogens is 1. The molecule has 1 aromatic heterocycles. The molecule has 0 saturated carbocycles. The quantitative estimate of drug-likeness (QED) is 0.335. The van der Waals surface area contributed by atoms with Crippen LogP contribution in [0.4, 0.5) is 29.3 Å². The molecule has 0 aliphatic carbocycles. The number of nitrogens with one attached hydrogen (secondary N) is 1. The number of amides is 3. The number of hydrogen-bond acceptors (Lipinski definition) is 5. The molecular weight excluding hydrogens is 574 g/mol. The van der Waals surface area contributed by atoms with E-state index in [1.165, 1.54) is 17.4 Å². The molecule has 2 aromatic carbocycles. The van der Waals surface area contributed by atoms with Gasteiger partial charge in [0.15, 0.2) is 0 Å². The molecule has 39 heavy (non-hydrogen) atoms. The van der Waals surface area contributed by atoms with Gasteiger partial charge in [0.1, 0.15) is 10.7 Å². The van der Waals surface area contributed by atoms with Crippen molar-refractivity contribution in [3.63, 3.8) is 0 Å². The van der Waals surface area contributed by atoms with E-state index in [-0.39, 0.29) is 30.2 Å². The zero-order valence-electron chi connectivity index (χ0n) is 21.1. The minimum atomic E-state index is -4.41. The largest absolute Gasteiger partial charge is 0.416 e. The van der Waals surface area contributed by atoms with E-state index in [0.29, 0.717) is 52.6 Å². The number of urea groups is 1. The third-order valence-corrected chi connectivity index (χ3v) is 7.81. The van der Waals surface area contributed by atoms with Crippen LogP contribution in [-0.4, -0.2) is 58.9 Å². The van der Waals surface area contributed by atoms with Gasteiger partial charge < -0.3 is 20.0 Å². The van der Waals surface area contributed by atoms with Crippen LogP contribution in [-0.2, 0) is 12.7 Å². The van der Waals surface area contributed by atoms with E-state index in [9.17, 15) is 22.8 Å². The highest BCUT2D eigenvalue weighted by Crippen LogP contribution is 2.32. The maximum Gasteiger partial charge on any atom is 0.416 e. The summed E-state index contributed by atoms with van der Waals surface area (Å²) in [6.07, 6.45) is -4.41. The van der Waals surface area contributed by atoms with E-state index in [0.717, 1.165) is 12.1 Å². The van der Waals surface area contributed by atoms with Gasteiger partial charge in [-0.05, 0) is 50.2 Å². The van der Waals surface area contributed by atoms with Gasteiger partial charge in [0, 0.05) is 49.0 Å². The molecule has 1 aliphatic heterocycles. The molecule has 7 nitrogen and oxygen atoms in total. The smallest absolute Gasteiger partial charge is 0.368 e. The monoisotopic (exact) mass is 599 g/mol. The van der Waals surface area contributed by atoms with Crippen molar-refractivity contribution in [1.82, 2.24) is 14.8 Å². The molecule has 0 spiro atoms. The zero-order valence-corrected chi connectivity index (χ0v) is 23.5. The van der Waals surface area contributed by atoms with Crippen LogP contribution in [0.2, 0.25) is 10.0 Å². The number of piperazine rings is 1. The predicted octanol–water partition coefficient (Wildman–Crippen LogP) is 6.87. The molecule has 4 rings (SSSR count). The highest BCUT2D eigenvalue weighted by Gasteiger charge is 2.31. The first-order valence-electron chi connectivity index (χ1n) is 12.1. The lowest BCUT2D eigenvalue weighted by Gasteiger charge is -2.36. The summed E-state index contributed by atoms with van der Waals surface area (Å²) in [4.78, 5) is 35.5. The fraction of sp³-hybridized carbons (Fsp3) is 0.346. The van der Waals surface area contributed by atoms with Crippen molar-refractivity contribution in [2.75, 3.05) is 36.4 Å². The van der Waals surface area contributed by atoms with Crippen molar-refractivity contribution >= 4 is 57.9 Å². The van der Waals surface area contributed by atoms with Crippen LogP contribution in [0.1, 0.15) is 34.9 Å². The Morgan fingerprint density at radius 3 is 2.44 bits per heavy atom. The standard InChI is InChI=1S/C26H26Cl2F3N5O2S/c1-16(2)36(25(38)32-18-6-7-20(27)21(28)13-18)14-23-33-22(15-39-23)24(37)35-10-8-34(9-11-35)19-5-3-4-17(12-19)26(29,30)31/h3-7,12-13,15-16H,8-11,14H2,1-2H3,(H,32,38). The molecule has 208 valence electrons. The van der Waals surface area contributed by atoms with Gasteiger partial charge in [-0.2, -0.15) is 13.2 Å². The minimum absolute atomic E-state index is 0.153. The molecule has 3 amide bonds. The molecule has 0 radical (unpaired) electrons. The molecule has 0 unspecified atom stereocenters. The van der Waals surface area contributed by atoms with Crippen molar-refractivity contribution in [1.29, 1.82) is 0 Å². The highest BCUT2D eigenvalue weighted by atomic mass is 35.5. The summed E-state index contributed by atoms with van der Waals surface area (Å²) in [5, 5.41) is 5.76. The minimum Gasteiger partial charge on any atom is -0.368 e. The summed E-state index contributed by atoms with van der Waals surface area (Å²) in [6, 6.07) is 9.50. The number of rotatable bonds is 6. The van der Waals surface area contributed by atoms with Gasteiger partial charge in [0.05, 0.1) is 22.2 Å². The molecule has 1 aliphatic rings. The van der Waals surface area contributed by atoms with Gasteiger partial charge in [0.25, 0.3) is 5.91 Å². The van der Waals surface area contributed by atoms with E-state index >= 15 is 0 Å². The lowest BCUT2D eigenvalue weighted by molar-refractivity contribution is -0.137. The van der Waals surface area contributed by atoms with Crippen molar-refractivity contribution < 1.29 is 22.8 Å². The fourth-order valence-corrected chi connectivity index (χ4v) is 5.16. The molecular formula is C26H26Cl2F3N5O2S. The Hall–Kier alpha value is -3.02. The maximum absolute atomic E-state index is 13.1. The summed E-state index contributed by atoms with van der Waals surface area (Å²) in [6.45, 7) is 5.46. The van der Waals surface area contributed by atoms with Gasteiger partial charge in [-0.3, -0.25) is 4.79 Å². The second-order valence-corrected chi connectivity index (χ2v) is 11.0. The number of hydrogen-bond donors (Lipinski definition) is 1. The molecule has 1 saturated heterocycles. The van der Waals surface area contributed by atoms with Gasteiger partial charge >= 0.3 is 12.2 Å². The number of thiazole rings is 1. The lowest BCUT2D eigenvalue weighted by Crippen LogP contribution is -2.49. The molecule has 0 bridgehead atoms. The molecule has 1 N–H and O–H groups in total. The van der Waals surface area contributed by atoms with E-state index in [1.54, 1.807) is 39.4 Å². The Morgan fingerprint density at radius 2 is 1.79 bits per heavy atom.